The van der Waals surface area contributed by atoms with E-state index in [0.717, 1.165) is 21.7 Å². The first-order valence-corrected chi connectivity index (χ1v) is 7.26. The molecular weight excluding hydrogens is 286 g/mol. The van der Waals surface area contributed by atoms with E-state index >= 15 is 0 Å². The summed E-state index contributed by atoms with van der Waals surface area (Å²) in [7, 11) is 1.61. The molecular formula is C15H13N3O2S. The Morgan fingerprint density at radius 3 is 3.10 bits per heavy atom. The number of hydrogen-bond acceptors (Lipinski definition) is 6. The van der Waals surface area contributed by atoms with Crippen LogP contribution in [0.15, 0.2) is 34.1 Å². The van der Waals surface area contributed by atoms with Crippen LogP contribution in [0.1, 0.15) is 16.3 Å². The number of anilines is 1. The third kappa shape index (κ3) is 3.05. The van der Waals surface area contributed by atoms with Gasteiger partial charge in [0.05, 0.1) is 5.56 Å². The van der Waals surface area contributed by atoms with Crippen molar-refractivity contribution in [3.05, 3.63) is 46.0 Å². The SMILES string of the molecule is COCc1nc2cc(NCc3cc(C#N)cs3)ccc2o1. The number of benzene rings is 1. The lowest BCUT2D eigenvalue weighted by molar-refractivity contribution is 0.161. The van der Waals surface area contributed by atoms with Crippen molar-refractivity contribution in [2.75, 3.05) is 12.4 Å². The highest BCUT2D eigenvalue weighted by atomic mass is 32.1. The average Bonchev–Trinajstić information content (AvgIpc) is 3.10. The maximum atomic E-state index is 8.81. The van der Waals surface area contributed by atoms with Crippen LogP contribution in [-0.2, 0) is 17.9 Å². The van der Waals surface area contributed by atoms with Crippen molar-refractivity contribution in [1.82, 2.24) is 4.98 Å². The van der Waals surface area contributed by atoms with E-state index in [2.05, 4.69) is 16.4 Å². The van der Waals surface area contributed by atoms with E-state index in [9.17, 15) is 0 Å². The Bertz CT molecular complexity index is 801. The number of oxazole rings is 1. The zero-order valence-electron chi connectivity index (χ0n) is 11.4. The molecule has 0 aliphatic heterocycles. The summed E-state index contributed by atoms with van der Waals surface area (Å²) in [6.07, 6.45) is 0. The van der Waals surface area contributed by atoms with Crippen molar-refractivity contribution >= 4 is 28.1 Å². The molecule has 0 saturated carbocycles. The van der Waals surface area contributed by atoms with Crippen LogP contribution in [0.25, 0.3) is 11.1 Å². The van der Waals surface area contributed by atoms with Crippen LogP contribution in [-0.4, -0.2) is 12.1 Å². The van der Waals surface area contributed by atoms with E-state index in [-0.39, 0.29) is 0 Å². The summed E-state index contributed by atoms with van der Waals surface area (Å²) in [5, 5.41) is 14.0. The van der Waals surface area contributed by atoms with Crippen molar-refractivity contribution in [3.63, 3.8) is 0 Å². The molecule has 0 aliphatic carbocycles. The summed E-state index contributed by atoms with van der Waals surface area (Å²) in [4.78, 5) is 5.48. The number of methoxy groups -OCH3 is 1. The number of fused-ring (bicyclic) bond motifs is 1. The summed E-state index contributed by atoms with van der Waals surface area (Å²) < 4.78 is 10.6. The number of thiophene rings is 1. The van der Waals surface area contributed by atoms with Gasteiger partial charge in [0.15, 0.2) is 5.58 Å². The molecule has 0 radical (unpaired) electrons. The molecule has 0 fully saturated rings. The number of hydrogen-bond donors (Lipinski definition) is 1. The number of ether oxygens (including phenoxy) is 1. The molecule has 2 heterocycles. The zero-order valence-corrected chi connectivity index (χ0v) is 12.2. The summed E-state index contributed by atoms with van der Waals surface area (Å²) in [6, 6.07) is 9.80. The number of rotatable bonds is 5. The fourth-order valence-corrected chi connectivity index (χ4v) is 2.74. The van der Waals surface area contributed by atoms with Crippen molar-refractivity contribution in [1.29, 1.82) is 5.26 Å². The number of aromatic nitrogens is 1. The van der Waals surface area contributed by atoms with E-state index in [0.29, 0.717) is 24.6 Å². The third-order valence-electron chi connectivity index (χ3n) is 2.95. The Labute approximate surface area is 125 Å². The third-order valence-corrected chi connectivity index (χ3v) is 3.89. The Kier molecular flexibility index (Phi) is 3.86. The molecule has 3 rings (SSSR count). The first kappa shape index (κ1) is 13.6. The quantitative estimate of drug-likeness (QED) is 0.780. The van der Waals surface area contributed by atoms with E-state index < -0.39 is 0 Å². The lowest BCUT2D eigenvalue weighted by Gasteiger charge is -2.03. The number of nitrogens with one attached hydrogen (secondary N) is 1. The minimum atomic E-state index is 0.365. The maximum absolute atomic E-state index is 8.81. The van der Waals surface area contributed by atoms with E-state index in [1.165, 1.54) is 0 Å². The van der Waals surface area contributed by atoms with Gasteiger partial charge in [0, 0.05) is 29.6 Å². The molecule has 0 saturated heterocycles. The predicted octanol–water partition coefficient (Wildman–Crippen LogP) is 3.52. The molecule has 0 aliphatic rings. The molecule has 6 heteroatoms. The van der Waals surface area contributed by atoms with E-state index in [4.69, 9.17) is 14.4 Å². The molecule has 1 N–H and O–H groups in total. The van der Waals surface area contributed by atoms with Crippen LogP contribution in [0.2, 0.25) is 0 Å². The van der Waals surface area contributed by atoms with Crippen LogP contribution >= 0.6 is 11.3 Å². The molecule has 0 amide bonds. The molecule has 0 atom stereocenters. The summed E-state index contributed by atoms with van der Waals surface area (Å²) in [6.45, 7) is 1.05. The number of nitriles is 1. The molecule has 1 aromatic carbocycles. The van der Waals surface area contributed by atoms with Gasteiger partial charge in [0.1, 0.15) is 18.2 Å². The highest BCUT2D eigenvalue weighted by molar-refractivity contribution is 7.10. The Balaban J connectivity index is 1.73. The second kappa shape index (κ2) is 5.95. The standard InChI is InChI=1S/C15H13N3O2S/c1-19-8-15-18-13-5-11(2-3-14(13)20-15)17-7-12-4-10(6-16)9-21-12/h2-5,9,17H,7-8H2,1H3. The first-order chi connectivity index (χ1) is 10.3. The van der Waals surface area contributed by atoms with Crippen molar-refractivity contribution in [3.8, 4) is 6.07 Å². The van der Waals surface area contributed by atoms with Crippen LogP contribution in [0.3, 0.4) is 0 Å². The molecule has 0 spiro atoms. The fraction of sp³-hybridized carbons (Fsp3) is 0.200. The second-order valence-corrected chi connectivity index (χ2v) is 5.49. The minimum absolute atomic E-state index is 0.365. The molecule has 0 bridgehead atoms. The molecule has 0 unspecified atom stereocenters. The van der Waals surface area contributed by atoms with Crippen LogP contribution in [0, 0.1) is 11.3 Å². The van der Waals surface area contributed by atoms with Gasteiger partial charge in [-0.15, -0.1) is 11.3 Å². The van der Waals surface area contributed by atoms with Gasteiger partial charge >= 0.3 is 0 Å². The Morgan fingerprint density at radius 1 is 1.43 bits per heavy atom. The number of nitrogens with zero attached hydrogens (tertiary/aromatic N) is 2. The lowest BCUT2D eigenvalue weighted by atomic mass is 10.3. The molecule has 21 heavy (non-hydrogen) atoms. The summed E-state index contributed by atoms with van der Waals surface area (Å²) in [5.74, 6) is 0.571. The van der Waals surface area contributed by atoms with Gasteiger partial charge in [-0.2, -0.15) is 5.26 Å². The Morgan fingerprint density at radius 2 is 2.33 bits per heavy atom. The molecule has 5 nitrogen and oxygen atoms in total. The second-order valence-electron chi connectivity index (χ2n) is 4.49. The highest BCUT2D eigenvalue weighted by Crippen LogP contribution is 2.22. The van der Waals surface area contributed by atoms with Crippen LogP contribution < -0.4 is 5.32 Å². The van der Waals surface area contributed by atoms with Crippen molar-refractivity contribution < 1.29 is 9.15 Å². The minimum Gasteiger partial charge on any atom is -0.438 e. The van der Waals surface area contributed by atoms with Gasteiger partial charge in [-0.3, -0.25) is 0 Å². The van der Waals surface area contributed by atoms with Gasteiger partial charge in [0.25, 0.3) is 0 Å². The normalized spacial score (nSPS) is 10.7. The van der Waals surface area contributed by atoms with Gasteiger partial charge in [-0.25, -0.2) is 4.98 Å². The fourth-order valence-electron chi connectivity index (χ4n) is 1.99. The highest BCUT2D eigenvalue weighted by Gasteiger charge is 2.06. The van der Waals surface area contributed by atoms with E-state index in [1.54, 1.807) is 18.4 Å². The first-order valence-electron chi connectivity index (χ1n) is 6.38. The van der Waals surface area contributed by atoms with E-state index in [1.807, 2.05) is 29.6 Å². The van der Waals surface area contributed by atoms with Gasteiger partial charge in [-0.05, 0) is 24.3 Å². The predicted molar refractivity (Wildman–Crippen MR) is 81.1 cm³/mol. The topological polar surface area (TPSA) is 71.1 Å². The van der Waals surface area contributed by atoms with Crippen LogP contribution in [0.5, 0.6) is 0 Å². The summed E-state index contributed by atoms with van der Waals surface area (Å²) >= 11 is 1.57. The van der Waals surface area contributed by atoms with Gasteiger partial charge in [0.2, 0.25) is 5.89 Å². The lowest BCUT2D eigenvalue weighted by Crippen LogP contribution is -1.96. The largest absolute Gasteiger partial charge is 0.438 e. The van der Waals surface area contributed by atoms with Gasteiger partial charge < -0.3 is 14.5 Å². The Hall–Kier alpha value is -2.36. The molecule has 3 aromatic rings. The maximum Gasteiger partial charge on any atom is 0.221 e. The smallest absolute Gasteiger partial charge is 0.221 e. The molecule has 106 valence electrons. The van der Waals surface area contributed by atoms with Crippen molar-refractivity contribution in [2.24, 2.45) is 0 Å². The zero-order chi connectivity index (χ0) is 14.7. The van der Waals surface area contributed by atoms with Crippen LogP contribution in [0.4, 0.5) is 5.69 Å². The van der Waals surface area contributed by atoms with Crippen molar-refractivity contribution in [2.45, 2.75) is 13.2 Å². The van der Waals surface area contributed by atoms with Gasteiger partial charge in [-0.1, -0.05) is 0 Å². The molecule has 2 aromatic heterocycles. The summed E-state index contributed by atoms with van der Waals surface area (Å²) in [5.41, 5.74) is 3.21. The average molecular weight is 299 g/mol. The monoisotopic (exact) mass is 299 g/mol.